The van der Waals surface area contributed by atoms with E-state index in [4.69, 9.17) is 0 Å². The summed E-state index contributed by atoms with van der Waals surface area (Å²) in [7, 11) is 0. The van der Waals surface area contributed by atoms with Gasteiger partial charge in [-0.2, -0.15) is 13.2 Å². The minimum absolute atomic E-state index is 0.0854. The molecule has 0 aliphatic carbocycles. The number of ether oxygens (including phenoxy) is 1. The lowest BCUT2D eigenvalue weighted by Gasteiger charge is -2.21. The second-order valence-corrected chi connectivity index (χ2v) is 3.89. The summed E-state index contributed by atoms with van der Waals surface area (Å²) >= 11 is 0. The molecule has 106 valence electrons. The van der Waals surface area contributed by atoms with E-state index in [2.05, 4.69) is 10.1 Å². The molecule has 1 N–H and O–H groups in total. The van der Waals surface area contributed by atoms with E-state index in [0.29, 0.717) is 0 Å². The molecule has 1 aromatic carbocycles. The van der Waals surface area contributed by atoms with Crippen molar-refractivity contribution in [2.45, 2.75) is 25.6 Å². The van der Waals surface area contributed by atoms with Gasteiger partial charge in [-0.1, -0.05) is 30.3 Å². The average molecular weight is 275 g/mol. The molecule has 0 heterocycles. The lowest BCUT2D eigenvalue weighted by atomic mass is 10.1. The van der Waals surface area contributed by atoms with E-state index >= 15 is 0 Å². The van der Waals surface area contributed by atoms with E-state index in [0.717, 1.165) is 0 Å². The van der Waals surface area contributed by atoms with E-state index in [1.54, 1.807) is 25.1 Å². The number of hydrogen-bond donors (Lipinski definition) is 1. The van der Waals surface area contributed by atoms with Crippen LogP contribution in [-0.2, 0) is 9.53 Å². The first-order chi connectivity index (χ1) is 8.95. The lowest BCUT2D eigenvalue weighted by molar-refractivity contribution is -0.159. The Bertz CT molecular complexity index is 393. The molecule has 0 fully saturated rings. The predicted molar refractivity (Wildman–Crippen MR) is 64.5 cm³/mol. The van der Waals surface area contributed by atoms with Gasteiger partial charge in [-0.3, -0.25) is 4.79 Å². The normalized spacial score (nSPS) is 13.1. The molecule has 1 rings (SSSR count). The van der Waals surface area contributed by atoms with Crippen LogP contribution in [0.3, 0.4) is 0 Å². The van der Waals surface area contributed by atoms with Crippen molar-refractivity contribution in [2.24, 2.45) is 0 Å². The van der Waals surface area contributed by atoms with Gasteiger partial charge in [0.05, 0.1) is 13.0 Å². The molecule has 0 aromatic heterocycles. The molecule has 3 nitrogen and oxygen atoms in total. The van der Waals surface area contributed by atoms with Crippen LogP contribution in [0, 0.1) is 0 Å². The van der Waals surface area contributed by atoms with E-state index in [-0.39, 0.29) is 25.1 Å². The molecule has 0 bridgehead atoms. The molecule has 0 aliphatic heterocycles. The van der Waals surface area contributed by atoms with Gasteiger partial charge in [0.15, 0.2) is 0 Å². The van der Waals surface area contributed by atoms with E-state index in [9.17, 15) is 18.0 Å². The van der Waals surface area contributed by atoms with Crippen LogP contribution in [0.4, 0.5) is 13.2 Å². The fourth-order valence-electron chi connectivity index (χ4n) is 1.62. The second kappa shape index (κ2) is 7.13. The second-order valence-electron chi connectivity index (χ2n) is 3.89. The average Bonchev–Trinajstić information content (AvgIpc) is 2.34. The first-order valence-electron chi connectivity index (χ1n) is 5.95. The highest BCUT2D eigenvalue weighted by molar-refractivity contribution is 5.69. The number of alkyl halides is 3. The standard InChI is InChI=1S/C13H16F3NO2/c1-2-19-11(18)8-9-17-12(13(14,15)16)10-6-4-3-5-7-10/h3-7,12,17H,2,8-9H2,1H3. The smallest absolute Gasteiger partial charge is 0.407 e. The van der Waals surface area contributed by atoms with Gasteiger partial charge in [-0.25, -0.2) is 0 Å². The fourth-order valence-corrected chi connectivity index (χ4v) is 1.62. The van der Waals surface area contributed by atoms with Crippen LogP contribution in [0.1, 0.15) is 24.9 Å². The maximum Gasteiger partial charge on any atom is 0.407 e. The quantitative estimate of drug-likeness (QED) is 0.811. The molecule has 0 radical (unpaired) electrons. The predicted octanol–water partition coefficient (Wildman–Crippen LogP) is 2.83. The summed E-state index contributed by atoms with van der Waals surface area (Å²) in [6.45, 7) is 1.78. The van der Waals surface area contributed by atoms with Gasteiger partial charge in [0, 0.05) is 6.54 Å². The Balaban J connectivity index is 2.60. The fraction of sp³-hybridized carbons (Fsp3) is 0.462. The zero-order chi connectivity index (χ0) is 14.3. The lowest BCUT2D eigenvalue weighted by Crippen LogP contribution is -2.35. The number of halogens is 3. The van der Waals surface area contributed by atoms with Crippen molar-refractivity contribution in [3.8, 4) is 0 Å². The van der Waals surface area contributed by atoms with Gasteiger partial charge >= 0.3 is 12.1 Å². The first kappa shape index (κ1) is 15.5. The van der Waals surface area contributed by atoms with Crippen molar-refractivity contribution in [2.75, 3.05) is 13.2 Å². The Morgan fingerprint density at radius 2 is 1.95 bits per heavy atom. The Morgan fingerprint density at radius 1 is 1.32 bits per heavy atom. The highest BCUT2D eigenvalue weighted by Gasteiger charge is 2.40. The molecule has 19 heavy (non-hydrogen) atoms. The molecule has 0 aliphatic rings. The van der Waals surface area contributed by atoms with E-state index in [1.807, 2.05) is 0 Å². The molecule has 1 atom stereocenters. The van der Waals surface area contributed by atoms with Crippen molar-refractivity contribution < 1.29 is 22.7 Å². The van der Waals surface area contributed by atoms with Gasteiger partial charge in [0.2, 0.25) is 0 Å². The number of carbonyl (C=O) groups is 1. The zero-order valence-corrected chi connectivity index (χ0v) is 10.5. The van der Waals surface area contributed by atoms with Crippen molar-refractivity contribution in [3.05, 3.63) is 35.9 Å². The summed E-state index contributed by atoms with van der Waals surface area (Å²) in [5.41, 5.74) is 0.124. The highest BCUT2D eigenvalue weighted by Crippen LogP contribution is 2.32. The maximum absolute atomic E-state index is 12.9. The molecule has 6 heteroatoms. The largest absolute Gasteiger partial charge is 0.466 e. The van der Waals surface area contributed by atoms with Crippen LogP contribution in [0.15, 0.2) is 30.3 Å². The minimum Gasteiger partial charge on any atom is -0.466 e. The molecular formula is C13H16F3NO2. The number of benzene rings is 1. The Kier molecular flexibility index (Phi) is 5.82. The Hall–Kier alpha value is -1.56. The third-order valence-electron chi connectivity index (χ3n) is 2.44. The monoisotopic (exact) mass is 275 g/mol. The van der Waals surface area contributed by atoms with Crippen LogP contribution in [-0.4, -0.2) is 25.3 Å². The number of rotatable bonds is 6. The van der Waals surface area contributed by atoms with Crippen LogP contribution in [0.5, 0.6) is 0 Å². The van der Waals surface area contributed by atoms with E-state index in [1.165, 1.54) is 12.1 Å². The molecule has 1 unspecified atom stereocenters. The SMILES string of the molecule is CCOC(=O)CCNC(c1ccccc1)C(F)(F)F. The van der Waals surface area contributed by atoms with Gasteiger partial charge < -0.3 is 10.1 Å². The summed E-state index contributed by atoms with van der Waals surface area (Å²) < 4.78 is 43.4. The van der Waals surface area contributed by atoms with Gasteiger partial charge in [0.1, 0.15) is 6.04 Å². The summed E-state index contributed by atoms with van der Waals surface area (Å²) in [5.74, 6) is -0.510. The van der Waals surface area contributed by atoms with Crippen LogP contribution in [0.25, 0.3) is 0 Å². The van der Waals surface area contributed by atoms with Gasteiger partial charge in [-0.05, 0) is 12.5 Å². The van der Waals surface area contributed by atoms with Crippen molar-refractivity contribution >= 4 is 5.97 Å². The van der Waals surface area contributed by atoms with Crippen LogP contribution >= 0.6 is 0 Å². The third-order valence-corrected chi connectivity index (χ3v) is 2.44. The maximum atomic E-state index is 12.9. The molecule has 1 aromatic rings. The van der Waals surface area contributed by atoms with E-state index < -0.39 is 18.2 Å². The summed E-state index contributed by atoms with van der Waals surface area (Å²) in [6, 6.07) is 5.76. The molecule has 0 amide bonds. The topological polar surface area (TPSA) is 38.3 Å². The first-order valence-corrected chi connectivity index (χ1v) is 5.95. The molecule has 0 saturated carbocycles. The summed E-state index contributed by atoms with van der Waals surface area (Å²) in [6.07, 6.45) is -4.50. The number of nitrogens with one attached hydrogen (secondary N) is 1. The molecule has 0 spiro atoms. The van der Waals surface area contributed by atoms with Gasteiger partial charge in [-0.15, -0.1) is 0 Å². The van der Waals surface area contributed by atoms with Crippen LogP contribution < -0.4 is 5.32 Å². The van der Waals surface area contributed by atoms with Crippen LogP contribution in [0.2, 0.25) is 0 Å². The van der Waals surface area contributed by atoms with Gasteiger partial charge in [0.25, 0.3) is 0 Å². The number of esters is 1. The minimum atomic E-state index is -4.41. The Morgan fingerprint density at radius 3 is 2.47 bits per heavy atom. The van der Waals surface area contributed by atoms with Crippen molar-refractivity contribution in [3.63, 3.8) is 0 Å². The Labute approximate surface area is 109 Å². The highest BCUT2D eigenvalue weighted by atomic mass is 19.4. The molecular weight excluding hydrogens is 259 g/mol. The number of hydrogen-bond acceptors (Lipinski definition) is 3. The summed E-state index contributed by atoms with van der Waals surface area (Å²) in [5, 5.41) is 2.34. The summed E-state index contributed by atoms with van der Waals surface area (Å²) in [4.78, 5) is 11.1. The molecule has 0 saturated heterocycles. The van der Waals surface area contributed by atoms with Crippen molar-refractivity contribution in [1.82, 2.24) is 5.32 Å². The third kappa shape index (κ3) is 5.30. The van der Waals surface area contributed by atoms with Crippen molar-refractivity contribution in [1.29, 1.82) is 0 Å². The zero-order valence-electron chi connectivity index (χ0n) is 10.5. The number of carbonyl (C=O) groups excluding carboxylic acids is 1.